The number of thioether (sulfide) groups is 1. The molecule has 3 heterocycles. The number of benzene rings is 1. The lowest BCUT2D eigenvalue weighted by atomic mass is 10.3. The molecular formula is C14H9N5OS3. The molecule has 23 heavy (non-hydrogen) atoms. The molecule has 0 fully saturated rings. The summed E-state index contributed by atoms with van der Waals surface area (Å²) in [5.74, 6) is -0.269. The third-order valence-electron chi connectivity index (χ3n) is 3.11. The summed E-state index contributed by atoms with van der Waals surface area (Å²) in [5.41, 5.74) is 2.22. The maximum absolute atomic E-state index is 12.2. The van der Waals surface area contributed by atoms with Crippen molar-refractivity contribution in [1.82, 2.24) is 19.9 Å². The van der Waals surface area contributed by atoms with Crippen LogP contribution < -0.4 is 5.32 Å². The van der Waals surface area contributed by atoms with Gasteiger partial charge >= 0.3 is 0 Å². The van der Waals surface area contributed by atoms with E-state index in [0.717, 1.165) is 24.8 Å². The second-order valence-corrected chi connectivity index (χ2v) is 7.60. The molecule has 0 unspecified atom stereocenters. The van der Waals surface area contributed by atoms with Crippen LogP contribution in [0.1, 0.15) is 10.4 Å². The van der Waals surface area contributed by atoms with Crippen LogP contribution in [0.5, 0.6) is 0 Å². The van der Waals surface area contributed by atoms with E-state index in [0.29, 0.717) is 10.7 Å². The average molecular weight is 359 g/mol. The Hall–Kier alpha value is -2.10. The van der Waals surface area contributed by atoms with Crippen LogP contribution >= 0.6 is 34.4 Å². The summed E-state index contributed by atoms with van der Waals surface area (Å²) in [6.07, 6.45) is 6.34. The molecule has 114 valence electrons. The molecule has 1 N–H and O–H groups in total. The lowest BCUT2D eigenvalue weighted by Crippen LogP contribution is -2.12. The third-order valence-corrected chi connectivity index (χ3v) is 6.32. The lowest BCUT2D eigenvalue weighted by molar-refractivity contribution is 0.102. The fourth-order valence-electron chi connectivity index (χ4n) is 2.08. The van der Waals surface area contributed by atoms with Crippen molar-refractivity contribution >= 4 is 65.9 Å². The van der Waals surface area contributed by atoms with E-state index in [1.165, 1.54) is 30.1 Å². The van der Waals surface area contributed by atoms with Crippen molar-refractivity contribution in [3.05, 3.63) is 36.4 Å². The van der Waals surface area contributed by atoms with Crippen LogP contribution in [-0.4, -0.2) is 32.1 Å². The third kappa shape index (κ3) is 2.67. The second kappa shape index (κ2) is 5.84. The summed E-state index contributed by atoms with van der Waals surface area (Å²) in [7, 11) is 0. The van der Waals surface area contributed by atoms with Crippen molar-refractivity contribution in [2.24, 2.45) is 0 Å². The molecule has 0 radical (unpaired) electrons. The first-order valence-electron chi connectivity index (χ1n) is 6.55. The zero-order valence-corrected chi connectivity index (χ0v) is 14.3. The number of thiazole rings is 2. The van der Waals surface area contributed by atoms with Gasteiger partial charge in [-0.15, -0.1) is 11.3 Å². The molecule has 0 saturated heterocycles. The fraction of sp³-hybridized carbons (Fsp3) is 0.0714. The molecule has 9 heteroatoms. The number of amides is 1. The first kappa shape index (κ1) is 14.5. The number of nitrogens with zero attached hydrogens (tertiary/aromatic N) is 4. The molecule has 0 aliphatic carbocycles. The molecular weight excluding hydrogens is 350 g/mol. The highest BCUT2D eigenvalue weighted by atomic mass is 32.2. The van der Waals surface area contributed by atoms with Crippen molar-refractivity contribution in [3.8, 4) is 0 Å². The minimum Gasteiger partial charge on any atom is -0.298 e. The standard InChI is InChI=1S/C14H9N5OS3/c1-21-14-18-9-3-2-8-10(11(9)23-14)22-13(17-8)19-12(20)7-4-15-6-16-5-7/h2-6H,1H3,(H,17,19,20). The average Bonchev–Trinajstić information content (AvgIpc) is 3.18. The first-order valence-corrected chi connectivity index (χ1v) is 9.41. The van der Waals surface area contributed by atoms with Crippen molar-refractivity contribution in [3.63, 3.8) is 0 Å². The zero-order valence-electron chi connectivity index (χ0n) is 11.8. The molecule has 0 bridgehead atoms. The Morgan fingerprint density at radius 2 is 1.78 bits per heavy atom. The number of carbonyl (C=O) groups is 1. The molecule has 0 spiro atoms. The number of hydrogen-bond donors (Lipinski definition) is 1. The van der Waals surface area contributed by atoms with Crippen LogP contribution in [-0.2, 0) is 0 Å². The molecule has 0 aliphatic rings. The molecule has 0 saturated carbocycles. The summed E-state index contributed by atoms with van der Waals surface area (Å²) in [5, 5.41) is 3.36. The van der Waals surface area contributed by atoms with Gasteiger partial charge in [0.05, 0.1) is 26.0 Å². The maximum Gasteiger partial charge on any atom is 0.260 e. The SMILES string of the molecule is CSc1nc2ccc3nc(NC(=O)c4cncnc4)sc3c2s1. The van der Waals surface area contributed by atoms with E-state index in [4.69, 9.17) is 0 Å². The topological polar surface area (TPSA) is 80.7 Å². The Morgan fingerprint density at radius 1 is 1.09 bits per heavy atom. The summed E-state index contributed by atoms with van der Waals surface area (Å²) in [4.78, 5) is 28.9. The number of hydrogen-bond acceptors (Lipinski definition) is 8. The number of rotatable bonds is 3. The number of fused-ring (bicyclic) bond motifs is 3. The largest absolute Gasteiger partial charge is 0.298 e. The van der Waals surface area contributed by atoms with Gasteiger partial charge in [0.15, 0.2) is 9.47 Å². The van der Waals surface area contributed by atoms with E-state index in [9.17, 15) is 4.79 Å². The monoisotopic (exact) mass is 359 g/mol. The van der Waals surface area contributed by atoms with Gasteiger partial charge in [0.25, 0.3) is 5.91 Å². The van der Waals surface area contributed by atoms with Crippen LogP contribution in [0.2, 0.25) is 0 Å². The minimum absolute atomic E-state index is 0.269. The Balaban J connectivity index is 1.72. The molecule has 1 amide bonds. The Morgan fingerprint density at radius 3 is 2.52 bits per heavy atom. The second-order valence-electron chi connectivity index (χ2n) is 4.55. The highest BCUT2D eigenvalue weighted by Gasteiger charge is 2.14. The summed E-state index contributed by atoms with van der Waals surface area (Å²) >= 11 is 4.72. The van der Waals surface area contributed by atoms with Gasteiger partial charge in [0.1, 0.15) is 6.33 Å². The molecule has 4 rings (SSSR count). The lowest BCUT2D eigenvalue weighted by Gasteiger charge is -1.99. The van der Waals surface area contributed by atoms with E-state index >= 15 is 0 Å². The van der Waals surface area contributed by atoms with Crippen molar-refractivity contribution in [1.29, 1.82) is 0 Å². The van der Waals surface area contributed by atoms with Crippen molar-refractivity contribution in [2.45, 2.75) is 4.34 Å². The van der Waals surface area contributed by atoms with Crippen molar-refractivity contribution in [2.75, 3.05) is 11.6 Å². The molecule has 3 aromatic heterocycles. The normalized spacial score (nSPS) is 11.2. The summed E-state index contributed by atoms with van der Waals surface area (Å²) in [6.45, 7) is 0. The van der Waals surface area contributed by atoms with Gasteiger partial charge in [-0.05, 0) is 18.4 Å². The van der Waals surface area contributed by atoms with E-state index in [2.05, 4.69) is 25.3 Å². The summed E-state index contributed by atoms with van der Waals surface area (Å²) < 4.78 is 3.17. The van der Waals surface area contributed by atoms with Gasteiger partial charge in [-0.25, -0.2) is 19.9 Å². The Kier molecular flexibility index (Phi) is 3.68. The molecule has 6 nitrogen and oxygen atoms in total. The van der Waals surface area contributed by atoms with Gasteiger partial charge in [0.2, 0.25) is 0 Å². The van der Waals surface area contributed by atoms with Gasteiger partial charge in [0, 0.05) is 12.4 Å². The Labute approximate surface area is 143 Å². The highest BCUT2D eigenvalue weighted by Crippen LogP contribution is 2.38. The van der Waals surface area contributed by atoms with Crippen LogP contribution in [0.25, 0.3) is 20.4 Å². The van der Waals surface area contributed by atoms with E-state index in [1.807, 2.05) is 18.4 Å². The van der Waals surface area contributed by atoms with E-state index in [-0.39, 0.29) is 5.91 Å². The maximum atomic E-state index is 12.2. The predicted molar refractivity (Wildman–Crippen MR) is 94.6 cm³/mol. The highest BCUT2D eigenvalue weighted by molar-refractivity contribution is 8.00. The quantitative estimate of drug-likeness (QED) is 0.562. The van der Waals surface area contributed by atoms with Gasteiger partial charge in [-0.1, -0.05) is 23.1 Å². The molecule has 4 aromatic rings. The molecule has 0 atom stereocenters. The number of anilines is 1. The van der Waals surface area contributed by atoms with E-state index < -0.39 is 0 Å². The predicted octanol–water partition coefficient (Wildman–Crippen LogP) is 3.67. The fourth-order valence-corrected chi connectivity index (χ4v) is 4.73. The van der Waals surface area contributed by atoms with Crippen LogP contribution in [0.15, 0.2) is 35.2 Å². The number of carbonyl (C=O) groups excluding carboxylic acids is 1. The van der Waals surface area contributed by atoms with Gasteiger partial charge in [-0.3, -0.25) is 10.1 Å². The van der Waals surface area contributed by atoms with Crippen molar-refractivity contribution < 1.29 is 4.79 Å². The number of aromatic nitrogens is 4. The van der Waals surface area contributed by atoms with Gasteiger partial charge in [-0.2, -0.15) is 0 Å². The number of nitrogens with one attached hydrogen (secondary N) is 1. The van der Waals surface area contributed by atoms with Crippen LogP contribution in [0.4, 0.5) is 5.13 Å². The smallest absolute Gasteiger partial charge is 0.260 e. The Bertz CT molecular complexity index is 1010. The minimum atomic E-state index is -0.269. The first-order chi connectivity index (χ1) is 11.2. The van der Waals surface area contributed by atoms with Crippen LogP contribution in [0, 0.1) is 0 Å². The molecule has 0 aliphatic heterocycles. The van der Waals surface area contributed by atoms with E-state index in [1.54, 1.807) is 23.1 Å². The van der Waals surface area contributed by atoms with Gasteiger partial charge < -0.3 is 0 Å². The molecule has 1 aromatic carbocycles. The van der Waals surface area contributed by atoms with Crippen LogP contribution in [0.3, 0.4) is 0 Å². The zero-order chi connectivity index (χ0) is 15.8. The summed E-state index contributed by atoms with van der Waals surface area (Å²) in [6, 6.07) is 3.89.